The molecular formula is C27H32N6O2. The van der Waals surface area contributed by atoms with Gasteiger partial charge in [0, 0.05) is 48.9 Å². The van der Waals surface area contributed by atoms with E-state index in [1.54, 1.807) is 6.33 Å². The summed E-state index contributed by atoms with van der Waals surface area (Å²) in [5, 5.41) is 16.8. The van der Waals surface area contributed by atoms with Gasteiger partial charge in [-0.05, 0) is 55.4 Å². The molecule has 0 saturated heterocycles. The lowest BCUT2D eigenvalue weighted by Gasteiger charge is -2.17. The van der Waals surface area contributed by atoms with Gasteiger partial charge in [-0.2, -0.15) is 0 Å². The number of hydrogen-bond acceptors (Lipinski definition) is 6. The monoisotopic (exact) mass is 472 g/mol. The van der Waals surface area contributed by atoms with Crippen molar-refractivity contribution < 1.29 is 9.90 Å². The maximum Gasteiger partial charge on any atom is 0.253 e. The molecule has 2 aromatic carbocycles. The summed E-state index contributed by atoms with van der Waals surface area (Å²) in [6, 6.07) is 15.8. The Morgan fingerprint density at radius 3 is 2.60 bits per heavy atom. The van der Waals surface area contributed by atoms with Crippen LogP contribution in [0.5, 0.6) is 0 Å². The first-order valence-electron chi connectivity index (χ1n) is 12.0. The molecule has 0 spiro atoms. The first-order valence-corrected chi connectivity index (χ1v) is 12.0. The SMILES string of the molecule is CCN(CC)CCNC(=O)c1cn(-c2ccc3ncnc(Nc4ccccc4)c3c2)cc1CCO. The highest BCUT2D eigenvalue weighted by molar-refractivity contribution is 5.96. The zero-order chi connectivity index (χ0) is 24.6. The van der Waals surface area contributed by atoms with Crippen molar-refractivity contribution in [2.24, 2.45) is 0 Å². The first-order chi connectivity index (χ1) is 17.1. The van der Waals surface area contributed by atoms with Crippen LogP contribution in [0.4, 0.5) is 11.5 Å². The van der Waals surface area contributed by atoms with Gasteiger partial charge in [-0.1, -0.05) is 32.0 Å². The van der Waals surface area contributed by atoms with Crippen LogP contribution in [-0.4, -0.2) is 63.2 Å². The van der Waals surface area contributed by atoms with Crippen molar-refractivity contribution in [1.29, 1.82) is 0 Å². The maximum atomic E-state index is 13.0. The highest BCUT2D eigenvalue weighted by Gasteiger charge is 2.16. The second-order valence-corrected chi connectivity index (χ2v) is 8.28. The van der Waals surface area contributed by atoms with Crippen LogP contribution < -0.4 is 10.6 Å². The van der Waals surface area contributed by atoms with E-state index < -0.39 is 0 Å². The Morgan fingerprint density at radius 1 is 1.06 bits per heavy atom. The van der Waals surface area contributed by atoms with E-state index in [4.69, 9.17) is 0 Å². The van der Waals surface area contributed by atoms with Crippen molar-refractivity contribution >= 4 is 28.3 Å². The van der Waals surface area contributed by atoms with E-state index in [1.165, 1.54) is 0 Å². The van der Waals surface area contributed by atoms with E-state index in [2.05, 4.69) is 39.3 Å². The summed E-state index contributed by atoms with van der Waals surface area (Å²) in [6.45, 7) is 7.47. The number of hydrogen-bond donors (Lipinski definition) is 3. The lowest BCUT2D eigenvalue weighted by atomic mass is 10.1. The minimum atomic E-state index is -0.130. The van der Waals surface area contributed by atoms with Crippen LogP contribution in [0.15, 0.2) is 67.3 Å². The molecule has 0 saturated carbocycles. The first kappa shape index (κ1) is 24.4. The van der Waals surface area contributed by atoms with Crippen molar-refractivity contribution in [3.63, 3.8) is 0 Å². The molecule has 35 heavy (non-hydrogen) atoms. The molecule has 8 heteroatoms. The van der Waals surface area contributed by atoms with Crippen molar-refractivity contribution in [3.05, 3.63) is 78.4 Å². The second kappa shape index (κ2) is 11.6. The highest BCUT2D eigenvalue weighted by atomic mass is 16.3. The topological polar surface area (TPSA) is 95.3 Å². The van der Waals surface area contributed by atoms with Gasteiger partial charge in [0.25, 0.3) is 5.91 Å². The zero-order valence-electron chi connectivity index (χ0n) is 20.2. The van der Waals surface area contributed by atoms with Crippen molar-refractivity contribution in [1.82, 2.24) is 24.8 Å². The van der Waals surface area contributed by atoms with Crippen molar-refractivity contribution in [2.45, 2.75) is 20.3 Å². The quantitative estimate of drug-likeness (QED) is 0.308. The summed E-state index contributed by atoms with van der Waals surface area (Å²) in [7, 11) is 0. The number of aromatic nitrogens is 3. The molecular weight excluding hydrogens is 440 g/mol. The summed E-state index contributed by atoms with van der Waals surface area (Å²) >= 11 is 0. The van der Waals surface area contributed by atoms with Crippen LogP contribution in [0, 0.1) is 0 Å². The molecule has 2 aromatic heterocycles. The van der Waals surface area contributed by atoms with Gasteiger partial charge in [0.1, 0.15) is 12.1 Å². The molecule has 182 valence electrons. The van der Waals surface area contributed by atoms with Crippen molar-refractivity contribution in [2.75, 3.05) is 38.1 Å². The lowest BCUT2D eigenvalue weighted by Crippen LogP contribution is -2.35. The highest BCUT2D eigenvalue weighted by Crippen LogP contribution is 2.26. The van der Waals surface area contributed by atoms with Gasteiger partial charge < -0.3 is 25.2 Å². The number of anilines is 2. The van der Waals surface area contributed by atoms with Crippen LogP contribution in [-0.2, 0) is 6.42 Å². The Morgan fingerprint density at radius 2 is 1.86 bits per heavy atom. The smallest absolute Gasteiger partial charge is 0.253 e. The lowest BCUT2D eigenvalue weighted by molar-refractivity contribution is 0.0948. The summed E-state index contributed by atoms with van der Waals surface area (Å²) in [5.74, 6) is 0.579. The molecule has 1 amide bonds. The summed E-state index contributed by atoms with van der Waals surface area (Å²) < 4.78 is 1.92. The minimum Gasteiger partial charge on any atom is -0.396 e. The van der Waals surface area contributed by atoms with E-state index in [0.29, 0.717) is 24.3 Å². The molecule has 8 nitrogen and oxygen atoms in total. The number of nitrogens with one attached hydrogen (secondary N) is 2. The third-order valence-electron chi connectivity index (χ3n) is 6.10. The van der Waals surface area contributed by atoms with Crippen LogP contribution >= 0.6 is 0 Å². The third-order valence-corrected chi connectivity index (χ3v) is 6.10. The van der Waals surface area contributed by atoms with Crippen molar-refractivity contribution in [3.8, 4) is 5.69 Å². The molecule has 2 heterocycles. The predicted molar refractivity (Wildman–Crippen MR) is 140 cm³/mol. The number of nitrogens with zero attached hydrogens (tertiary/aromatic N) is 4. The van der Waals surface area contributed by atoms with Gasteiger partial charge in [0.15, 0.2) is 0 Å². The number of para-hydroxylation sites is 1. The fraction of sp³-hybridized carbons (Fsp3) is 0.296. The fourth-order valence-electron chi connectivity index (χ4n) is 4.10. The summed E-state index contributed by atoms with van der Waals surface area (Å²) in [5.41, 5.74) is 4.02. The number of aliphatic hydroxyl groups is 1. The molecule has 0 aliphatic heterocycles. The Balaban J connectivity index is 1.61. The van der Waals surface area contributed by atoms with Gasteiger partial charge in [0.05, 0.1) is 11.1 Å². The number of likely N-dealkylation sites (N-methyl/N-ethyl adjacent to an activating group) is 1. The molecule has 4 aromatic rings. The predicted octanol–water partition coefficient (Wildman–Crippen LogP) is 3.77. The molecule has 0 fully saturated rings. The fourth-order valence-corrected chi connectivity index (χ4v) is 4.10. The van der Waals surface area contributed by atoms with Crippen LogP contribution in [0.3, 0.4) is 0 Å². The normalized spacial score (nSPS) is 11.2. The van der Waals surface area contributed by atoms with E-state index >= 15 is 0 Å². The number of benzene rings is 2. The molecule has 0 aliphatic carbocycles. The number of carbonyl (C=O) groups excluding carboxylic acids is 1. The van der Waals surface area contributed by atoms with Crippen LogP contribution in [0.25, 0.3) is 16.6 Å². The molecule has 4 rings (SSSR count). The van der Waals surface area contributed by atoms with Gasteiger partial charge in [-0.15, -0.1) is 0 Å². The maximum absolute atomic E-state index is 13.0. The molecule has 3 N–H and O–H groups in total. The average Bonchev–Trinajstić information content (AvgIpc) is 3.31. The molecule has 0 bridgehead atoms. The molecule has 0 radical (unpaired) electrons. The molecule has 0 atom stereocenters. The van der Waals surface area contributed by atoms with Gasteiger partial charge in [-0.3, -0.25) is 4.79 Å². The largest absolute Gasteiger partial charge is 0.396 e. The number of aliphatic hydroxyl groups excluding tert-OH is 1. The van der Waals surface area contributed by atoms with Crippen LogP contribution in [0.1, 0.15) is 29.8 Å². The number of fused-ring (bicyclic) bond motifs is 1. The van der Waals surface area contributed by atoms with E-state index in [1.807, 2.05) is 65.5 Å². The van der Waals surface area contributed by atoms with Gasteiger partial charge >= 0.3 is 0 Å². The standard InChI is InChI=1S/C27H32N6O2/c1-3-32(4-2)14-13-28-27(35)24-18-33(17-20(24)12-15-34)22-10-11-25-23(16-22)26(30-19-29-25)31-21-8-6-5-7-9-21/h5-11,16-19,34H,3-4,12-15H2,1-2H3,(H,28,35)(H,29,30,31). The van der Waals surface area contributed by atoms with E-state index in [0.717, 1.165) is 47.5 Å². The number of amides is 1. The van der Waals surface area contributed by atoms with Crippen LogP contribution in [0.2, 0.25) is 0 Å². The Hall–Kier alpha value is -3.75. The number of carbonyl (C=O) groups is 1. The molecule has 0 unspecified atom stereocenters. The third kappa shape index (κ3) is 5.85. The minimum absolute atomic E-state index is 0.0273. The average molecular weight is 473 g/mol. The Bertz CT molecular complexity index is 1270. The summed E-state index contributed by atoms with van der Waals surface area (Å²) in [4.78, 5) is 24.1. The van der Waals surface area contributed by atoms with E-state index in [-0.39, 0.29) is 12.5 Å². The van der Waals surface area contributed by atoms with Gasteiger partial charge in [0.2, 0.25) is 0 Å². The number of rotatable bonds is 11. The zero-order valence-corrected chi connectivity index (χ0v) is 20.2. The second-order valence-electron chi connectivity index (χ2n) is 8.28. The Labute approximate surface area is 205 Å². The van der Waals surface area contributed by atoms with E-state index in [9.17, 15) is 9.90 Å². The molecule has 0 aliphatic rings. The van der Waals surface area contributed by atoms with Gasteiger partial charge in [-0.25, -0.2) is 9.97 Å². The Kier molecular flexibility index (Phi) is 8.07. The summed E-state index contributed by atoms with van der Waals surface area (Å²) in [6.07, 6.45) is 5.68.